The summed E-state index contributed by atoms with van der Waals surface area (Å²) in [6.07, 6.45) is 0. The standard InChI is InChI=1S/C17H16F3NO3/c1-21(10-11-6-8-12(18)9-7-11)16(22)13-4-3-5-14(23-2)15(13)24-17(19)20/h3-9,17H,10H2,1-2H3. The molecule has 0 atom stereocenters. The molecule has 2 rings (SSSR count). The van der Waals surface area contributed by atoms with Gasteiger partial charge in [0.05, 0.1) is 12.7 Å². The maximum absolute atomic E-state index is 12.9. The van der Waals surface area contributed by atoms with Crippen LogP contribution >= 0.6 is 0 Å². The first-order chi connectivity index (χ1) is 11.4. The number of ether oxygens (including phenoxy) is 2. The molecule has 4 nitrogen and oxygen atoms in total. The zero-order valence-corrected chi connectivity index (χ0v) is 13.1. The highest BCUT2D eigenvalue weighted by molar-refractivity contribution is 5.97. The summed E-state index contributed by atoms with van der Waals surface area (Å²) >= 11 is 0. The number of alkyl halides is 2. The van der Waals surface area contributed by atoms with E-state index >= 15 is 0 Å². The van der Waals surface area contributed by atoms with E-state index in [4.69, 9.17) is 4.74 Å². The fraction of sp³-hybridized carbons (Fsp3) is 0.235. The number of halogens is 3. The smallest absolute Gasteiger partial charge is 0.387 e. The minimum Gasteiger partial charge on any atom is -0.493 e. The van der Waals surface area contributed by atoms with Crippen LogP contribution in [0.25, 0.3) is 0 Å². The average molecular weight is 339 g/mol. The summed E-state index contributed by atoms with van der Waals surface area (Å²) in [7, 11) is 2.81. The first-order valence-corrected chi connectivity index (χ1v) is 7.04. The topological polar surface area (TPSA) is 38.8 Å². The van der Waals surface area contributed by atoms with E-state index in [-0.39, 0.29) is 29.4 Å². The van der Waals surface area contributed by atoms with Crippen molar-refractivity contribution in [1.29, 1.82) is 0 Å². The van der Waals surface area contributed by atoms with Crippen molar-refractivity contribution in [2.45, 2.75) is 13.2 Å². The molecule has 0 saturated carbocycles. The molecule has 0 aliphatic heterocycles. The molecule has 0 aliphatic rings. The molecular weight excluding hydrogens is 323 g/mol. The molecule has 128 valence electrons. The number of rotatable bonds is 6. The van der Waals surface area contributed by atoms with Crippen molar-refractivity contribution in [2.24, 2.45) is 0 Å². The van der Waals surface area contributed by atoms with Crippen LogP contribution in [0.5, 0.6) is 11.5 Å². The van der Waals surface area contributed by atoms with Gasteiger partial charge in [-0.1, -0.05) is 18.2 Å². The Morgan fingerprint density at radius 2 is 1.83 bits per heavy atom. The van der Waals surface area contributed by atoms with Crippen molar-refractivity contribution < 1.29 is 27.4 Å². The Labute approximate surface area is 137 Å². The summed E-state index contributed by atoms with van der Waals surface area (Å²) in [6.45, 7) is -2.90. The van der Waals surface area contributed by atoms with Crippen LogP contribution in [0, 0.1) is 5.82 Å². The molecule has 0 aliphatic carbocycles. The molecule has 7 heteroatoms. The normalized spacial score (nSPS) is 10.6. The second-order valence-electron chi connectivity index (χ2n) is 5.00. The van der Waals surface area contributed by atoms with Gasteiger partial charge < -0.3 is 14.4 Å². The average Bonchev–Trinajstić information content (AvgIpc) is 2.56. The summed E-state index contributed by atoms with van der Waals surface area (Å²) in [5, 5.41) is 0. The zero-order chi connectivity index (χ0) is 17.7. The van der Waals surface area contributed by atoms with Crippen LogP contribution < -0.4 is 9.47 Å². The van der Waals surface area contributed by atoms with Crippen LogP contribution in [0.1, 0.15) is 15.9 Å². The van der Waals surface area contributed by atoms with Crippen LogP contribution in [0.15, 0.2) is 42.5 Å². The minimum atomic E-state index is -3.09. The molecule has 2 aromatic carbocycles. The molecule has 0 aromatic heterocycles. The van der Waals surface area contributed by atoms with E-state index < -0.39 is 12.5 Å². The fourth-order valence-electron chi connectivity index (χ4n) is 2.20. The molecule has 0 fully saturated rings. The van der Waals surface area contributed by atoms with Crippen LogP contribution in [-0.4, -0.2) is 31.6 Å². The van der Waals surface area contributed by atoms with Crippen molar-refractivity contribution >= 4 is 5.91 Å². The van der Waals surface area contributed by atoms with Gasteiger partial charge in [-0.05, 0) is 29.8 Å². The first kappa shape index (κ1) is 17.7. The number of nitrogens with zero attached hydrogens (tertiary/aromatic N) is 1. The van der Waals surface area contributed by atoms with Gasteiger partial charge in [0.15, 0.2) is 11.5 Å². The van der Waals surface area contributed by atoms with Gasteiger partial charge >= 0.3 is 6.61 Å². The third kappa shape index (κ3) is 4.18. The number of hydrogen-bond donors (Lipinski definition) is 0. The predicted molar refractivity (Wildman–Crippen MR) is 81.8 cm³/mol. The molecule has 0 spiro atoms. The second-order valence-corrected chi connectivity index (χ2v) is 5.00. The predicted octanol–water partition coefficient (Wildman–Crippen LogP) is 3.71. The third-order valence-electron chi connectivity index (χ3n) is 3.32. The highest BCUT2D eigenvalue weighted by Gasteiger charge is 2.22. The van der Waals surface area contributed by atoms with Gasteiger partial charge in [-0.15, -0.1) is 0 Å². The lowest BCUT2D eigenvalue weighted by atomic mass is 10.1. The Kier molecular flexibility index (Phi) is 5.68. The zero-order valence-electron chi connectivity index (χ0n) is 13.1. The van der Waals surface area contributed by atoms with E-state index in [1.54, 1.807) is 12.1 Å². The van der Waals surface area contributed by atoms with Gasteiger partial charge in [-0.2, -0.15) is 8.78 Å². The Hall–Kier alpha value is -2.70. The van der Waals surface area contributed by atoms with E-state index in [2.05, 4.69) is 4.74 Å². The fourth-order valence-corrected chi connectivity index (χ4v) is 2.20. The molecular formula is C17H16F3NO3. The Morgan fingerprint density at radius 3 is 2.42 bits per heavy atom. The number of carbonyl (C=O) groups excluding carboxylic acids is 1. The summed E-state index contributed by atoms with van der Waals surface area (Å²) in [4.78, 5) is 13.9. The molecule has 1 amide bonds. The molecule has 2 aromatic rings. The van der Waals surface area contributed by atoms with E-state index in [1.165, 1.54) is 49.4 Å². The van der Waals surface area contributed by atoms with Gasteiger partial charge in [0.2, 0.25) is 0 Å². The summed E-state index contributed by atoms with van der Waals surface area (Å²) < 4.78 is 47.6. The summed E-state index contributed by atoms with van der Waals surface area (Å²) in [5.74, 6) is -1.18. The molecule has 0 radical (unpaired) electrons. The first-order valence-electron chi connectivity index (χ1n) is 7.04. The SMILES string of the molecule is COc1cccc(C(=O)N(C)Cc2ccc(F)cc2)c1OC(F)F. The Bertz CT molecular complexity index is 705. The van der Waals surface area contributed by atoms with Crippen LogP contribution in [0.2, 0.25) is 0 Å². The molecule has 24 heavy (non-hydrogen) atoms. The van der Waals surface area contributed by atoms with Crippen molar-refractivity contribution in [3.05, 3.63) is 59.4 Å². The molecule has 0 saturated heterocycles. The third-order valence-corrected chi connectivity index (χ3v) is 3.32. The molecule has 0 bridgehead atoms. The highest BCUT2D eigenvalue weighted by atomic mass is 19.3. The number of benzene rings is 2. The van der Waals surface area contributed by atoms with E-state index in [9.17, 15) is 18.0 Å². The van der Waals surface area contributed by atoms with E-state index in [1.807, 2.05) is 0 Å². The van der Waals surface area contributed by atoms with Gasteiger partial charge in [0.1, 0.15) is 5.82 Å². The summed E-state index contributed by atoms with van der Waals surface area (Å²) in [5.41, 5.74) is 0.658. The van der Waals surface area contributed by atoms with Crippen molar-refractivity contribution in [1.82, 2.24) is 4.90 Å². The lowest BCUT2D eigenvalue weighted by molar-refractivity contribution is -0.0516. The van der Waals surface area contributed by atoms with Gasteiger partial charge in [-0.3, -0.25) is 4.79 Å². The van der Waals surface area contributed by atoms with E-state index in [0.717, 1.165) is 0 Å². The van der Waals surface area contributed by atoms with Gasteiger partial charge in [0.25, 0.3) is 5.91 Å². The van der Waals surface area contributed by atoms with Gasteiger partial charge in [0, 0.05) is 13.6 Å². The number of methoxy groups -OCH3 is 1. The lowest BCUT2D eigenvalue weighted by Crippen LogP contribution is -2.27. The number of para-hydroxylation sites is 1. The largest absolute Gasteiger partial charge is 0.493 e. The second kappa shape index (κ2) is 7.72. The van der Waals surface area contributed by atoms with Crippen molar-refractivity contribution in [3.8, 4) is 11.5 Å². The van der Waals surface area contributed by atoms with Crippen LogP contribution in [0.3, 0.4) is 0 Å². The van der Waals surface area contributed by atoms with Gasteiger partial charge in [-0.25, -0.2) is 4.39 Å². The molecule has 0 N–H and O–H groups in total. The highest BCUT2D eigenvalue weighted by Crippen LogP contribution is 2.33. The monoisotopic (exact) mass is 339 g/mol. The quantitative estimate of drug-likeness (QED) is 0.805. The maximum atomic E-state index is 12.9. The Morgan fingerprint density at radius 1 is 1.17 bits per heavy atom. The van der Waals surface area contributed by atoms with Crippen LogP contribution in [-0.2, 0) is 6.54 Å². The molecule has 0 unspecified atom stereocenters. The summed E-state index contributed by atoms with van der Waals surface area (Å²) in [6, 6.07) is 9.96. The Balaban J connectivity index is 2.26. The van der Waals surface area contributed by atoms with Crippen molar-refractivity contribution in [3.63, 3.8) is 0 Å². The van der Waals surface area contributed by atoms with E-state index in [0.29, 0.717) is 5.56 Å². The maximum Gasteiger partial charge on any atom is 0.387 e. The number of amides is 1. The van der Waals surface area contributed by atoms with Crippen molar-refractivity contribution in [2.75, 3.05) is 14.2 Å². The lowest BCUT2D eigenvalue weighted by Gasteiger charge is -2.20. The minimum absolute atomic E-state index is 0.0383. The molecule has 0 heterocycles. The number of carbonyl (C=O) groups is 1. The number of hydrogen-bond acceptors (Lipinski definition) is 3. The van der Waals surface area contributed by atoms with Crippen LogP contribution in [0.4, 0.5) is 13.2 Å².